The Morgan fingerprint density at radius 2 is 2.07 bits per heavy atom. The molecule has 0 aliphatic rings. The Morgan fingerprint density at radius 3 is 2.57 bits per heavy atom. The van der Waals surface area contributed by atoms with Crippen LogP contribution < -0.4 is 0 Å². The molecule has 5 heteroatoms. The lowest BCUT2D eigenvalue weighted by atomic mass is 10.1. The largest absolute Gasteiger partial charge is 0.389 e. The van der Waals surface area contributed by atoms with Gasteiger partial charge in [0, 0.05) is 5.33 Å². The molecule has 1 aromatic rings. The molecule has 0 saturated carbocycles. The van der Waals surface area contributed by atoms with Gasteiger partial charge in [0.15, 0.2) is 0 Å². The monoisotopic (exact) mass is 282 g/mol. The second-order valence-corrected chi connectivity index (χ2v) is 3.89. The van der Waals surface area contributed by atoms with Crippen molar-refractivity contribution in [3.05, 3.63) is 34.6 Å². The van der Waals surface area contributed by atoms with Crippen molar-refractivity contribution < 1.29 is 14.6 Å². The zero-order valence-electron chi connectivity index (χ0n) is 7.12. The van der Waals surface area contributed by atoms with Gasteiger partial charge in [-0.15, -0.1) is 0 Å². The van der Waals surface area contributed by atoms with E-state index in [4.69, 9.17) is 11.6 Å². The third kappa shape index (κ3) is 2.67. The molecule has 0 aliphatic heterocycles. The first-order chi connectivity index (χ1) is 6.56. The fourth-order valence-electron chi connectivity index (χ4n) is 1.00. The van der Waals surface area contributed by atoms with Gasteiger partial charge in [0.2, 0.25) is 0 Å². The lowest BCUT2D eigenvalue weighted by Crippen LogP contribution is -2.19. The van der Waals surface area contributed by atoms with E-state index in [2.05, 4.69) is 15.9 Å². The van der Waals surface area contributed by atoms with Crippen LogP contribution in [0.5, 0.6) is 0 Å². The lowest BCUT2D eigenvalue weighted by Gasteiger charge is -2.15. The van der Waals surface area contributed by atoms with E-state index >= 15 is 0 Å². The van der Waals surface area contributed by atoms with Crippen LogP contribution in [0.25, 0.3) is 0 Å². The maximum Gasteiger partial charge on any atom is 0.141 e. The lowest BCUT2D eigenvalue weighted by molar-refractivity contribution is 0.0342. The molecule has 2 nitrogen and oxygen atoms in total. The van der Waals surface area contributed by atoms with Crippen LogP contribution in [0, 0.1) is 5.82 Å². The summed E-state index contributed by atoms with van der Waals surface area (Å²) in [5.41, 5.74) is 0.392. The molecular formula is C9H9BrClFO2. The highest BCUT2D eigenvalue weighted by molar-refractivity contribution is 9.09. The number of aliphatic hydroxyl groups excluding tert-OH is 2. The fraction of sp³-hybridized carbons (Fsp3) is 0.333. The predicted octanol–water partition coefficient (Wildman–Crippen LogP) is 2.27. The number of hydrogen-bond acceptors (Lipinski definition) is 2. The maximum absolute atomic E-state index is 12.8. The van der Waals surface area contributed by atoms with Crippen LogP contribution in [-0.4, -0.2) is 21.6 Å². The van der Waals surface area contributed by atoms with Crippen LogP contribution in [0.3, 0.4) is 0 Å². The molecule has 0 spiro atoms. The number of rotatable bonds is 3. The topological polar surface area (TPSA) is 40.5 Å². The molecule has 0 aromatic heterocycles. The van der Waals surface area contributed by atoms with Crippen LogP contribution in [0.15, 0.2) is 18.2 Å². The molecule has 1 aromatic carbocycles. The molecule has 78 valence electrons. The highest BCUT2D eigenvalue weighted by Crippen LogP contribution is 2.23. The summed E-state index contributed by atoms with van der Waals surface area (Å²) < 4.78 is 12.8. The third-order valence-corrected chi connectivity index (χ3v) is 2.76. The van der Waals surface area contributed by atoms with Crippen LogP contribution in [0.1, 0.15) is 11.7 Å². The highest BCUT2D eigenvalue weighted by atomic mass is 79.9. The molecule has 2 atom stereocenters. The van der Waals surface area contributed by atoms with Crippen molar-refractivity contribution in [2.24, 2.45) is 0 Å². The normalized spacial score (nSPS) is 15.2. The first-order valence-corrected chi connectivity index (χ1v) is 5.43. The Balaban J connectivity index is 2.91. The van der Waals surface area contributed by atoms with Crippen LogP contribution in [-0.2, 0) is 0 Å². The van der Waals surface area contributed by atoms with E-state index in [9.17, 15) is 14.6 Å². The standard InChI is InChI=1S/C9H9BrClFO2/c10-4-8(13)9(14)5-1-2-7(12)6(11)3-5/h1-3,8-9,13-14H,4H2. The SMILES string of the molecule is OC(CBr)C(O)c1ccc(F)c(Cl)c1. The molecule has 0 bridgehead atoms. The van der Waals surface area contributed by atoms with E-state index in [1.54, 1.807) is 0 Å². The summed E-state index contributed by atoms with van der Waals surface area (Å²) in [6, 6.07) is 3.84. The Labute approximate surface area is 94.5 Å². The molecule has 0 saturated heterocycles. The van der Waals surface area contributed by atoms with E-state index < -0.39 is 18.0 Å². The molecule has 0 aliphatic carbocycles. The van der Waals surface area contributed by atoms with Crippen molar-refractivity contribution in [1.29, 1.82) is 0 Å². The Morgan fingerprint density at radius 1 is 1.43 bits per heavy atom. The molecule has 2 N–H and O–H groups in total. The number of benzene rings is 1. The summed E-state index contributed by atoms with van der Waals surface area (Å²) >= 11 is 8.55. The number of hydrogen-bond donors (Lipinski definition) is 2. The molecule has 0 radical (unpaired) electrons. The summed E-state index contributed by atoms with van der Waals surface area (Å²) in [6.45, 7) is 0. The number of alkyl halides is 1. The molecule has 1 rings (SSSR count). The van der Waals surface area contributed by atoms with Crippen molar-refractivity contribution in [2.75, 3.05) is 5.33 Å². The second-order valence-electron chi connectivity index (χ2n) is 2.84. The molecule has 2 unspecified atom stereocenters. The summed E-state index contributed by atoms with van der Waals surface area (Å²) in [6.07, 6.45) is -2.00. The third-order valence-electron chi connectivity index (χ3n) is 1.81. The van der Waals surface area contributed by atoms with Gasteiger partial charge >= 0.3 is 0 Å². The van der Waals surface area contributed by atoms with Crippen LogP contribution in [0.2, 0.25) is 5.02 Å². The summed E-state index contributed by atoms with van der Waals surface area (Å²) in [4.78, 5) is 0. The van der Waals surface area contributed by atoms with E-state index in [1.165, 1.54) is 12.1 Å². The Hall–Kier alpha value is -0.160. The van der Waals surface area contributed by atoms with E-state index in [-0.39, 0.29) is 10.4 Å². The molecule has 0 fully saturated rings. The maximum atomic E-state index is 12.8. The van der Waals surface area contributed by atoms with Gasteiger partial charge in [0.1, 0.15) is 11.9 Å². The minimum atomic E-state index is -1.06. The van der Waals surface area contributed by atoms with Crippen molar-refractivity contribution in [1.82, 2.24) is 0 Å². The minimum absolute atomic E-state index is 0.0664. The summed E-state index contributed by atoms with van der Waals surface area (Å²) in [7, 11) is 0. The average molecular weight is 284 g/mol. The first-order valence-electron chi connectivity index (χ1n) is 3.93. The van der Waals surface area contributed by atoms with Gasteiger partial charge in [0.25, 0.3) is 0 Å². The van der Waals surface area contributed by atoms with Gasteiger partial charge in [0.05, 0.1) is 11.1 Å². The number of halogens is 3. The van der Waals surface area contributed by atoms with Crippen molar-refractivity contribution in [3.8, 4) is 0 Å². The average Bonchev–Trinajstić information content (AvgIpc) is 2.20. The second kappa shape index (κ2) is 5.07. The Kier molecular flexibility index (Phi) is 4.31. The summed E-state index contributed by atoms with van der Waals surface area (Å²) in [5.74, 6) is -0.545. The Bertz CT molecular complexity index is 322. The van der Waals surface area contributed by atoms with Gasteiger partial charge in [-0.1, -0.05) is 33.6 Å². The summed E-state index contributed by atoms with van der Waals surface area (Å²) in [5, 5.41) is 19.0. The van der Waals surface area contributed by atoms with Crippen molar-refractivity contribution >= 4 is 27.5 Å². The van der Waals surface area contributed by atoms with Gasteiger partial charge in [-0.05, 0) is 17.7 Å². The van der Waals surface area contributed by atoms with Gasteiger partial charge < -0.3 is 10.2 Å². The van der Waals surface area contributed by atoms with Gasteiger partial charge in [-0.3, -0.25) is 0 Å². The quantitative estimate of drug-likeness (QED) is 0.836. The van der Waals surface area contributed by atoms with Crippen LogP contribution >= 0.6 is 27.5 Å². The minimum Gasteiger partial charge on any atom is -0.389 e. The van der Waals surface area contributed by atoms with E-state index in [0.29, 0.717) is 5.56 Å². The smallest absolute Gasteiger partial charge is 0.141 e. The van der Waals surface area contributed by atoms with Crippen molar-refractivity contribution in [3.63, 3.8) is 0 Å². The fourth-order valence-corrected chi connectivity index (χ4v) is 1.55. The van der Waals surface area contributed by atoms with Gasteiger partial charge in [-0.25, -0.2) is 4.39 Å². The van der Waals surface area contributed by atoms with E-state index in [1.807, 2.05) is 0 Å². The van der Waals surface area contributed by atoms with Crippen molar-refractivity contribution in [2.45, 2.75) is 12.2 Å². The molecule has 14 heavy (non-hydrogen) atoms. The molecular weight excluding hydrogens is 274 g/mol. The zero-order valence-corrected chi connectivity index (χ0v) is 9.46. The number of aliphatic hydroxyl groups is 2. The highest BCUT2D eigenvalue weighted by Gasteiger charge is 2.17. The van der Waals surface area contributed by atoms with Crippen LogP contribution in [0.4, 0.5) is 4.39 Å². The molecule has 0 heterocycles. The first kappa shape index (κ1) is 11.9. The predicted molar refractivity (Wildman–Crippen MR) is 56.2 cm³/mol. The van der Waals surface area contributed by atoms with E-state index in [0.717, 1.165) is 6.07 Å². The molecule has 0 amide bonds. The van der Waals surface area contributed by atoms with Gasteiger partial charge in [-0.2, -0.15) is 0 Å². The zero-order chi connectivity index (χ0) is 10.7.